The molecule has 1 N–H and O–H groups in total. The first-order chi connectivity index (χ1) is 10.2. The van der Waals surface area contributed by atoms with Crippen molar-refractivity contribution in [2.24, 2.45) is 0 Å². The Morgan fingerprint density at radius 3 is 2.14 bits per heavy atom. The maximum atomic E-state index is 13.4. The predicted molar refractivity (Wildman–Crippen MR) is 77.1 cm³/mol. The second kappa shape index (κ2) is 6.20. The van der Waals surface area contributed by atoms with Crippen LogP contribution in [0.15, 0.2) is 5.38 Å². The zero-order valence-electron chi connectivity index (χ0n) is 12.3. The molecule has 3 nitrogen and oxygen atoms in total. The lowest BCUT2D eigenvalue weighted by Crippen LogP contribution is -2.13. The van der Waals surface area contributed by atoms with Crippen LogP contribution in [0.25, 0.3) is 0 Å². The van der Waals surface area contributed by atoms with Gasteiger partial charge in [0.05, 0.1) is 10.7 Å². The van der Waals surface area contributed by atoms with Gasteiger partial charge in [0.25, 0.3) is 11.9 Å². The van der Waals surface area contributed by atoms with Crippen LogP contribution in [0.4, 0.5) is 23.2 Å². The van der Waals surface area contributed by atoms with Gasteiger partial charge in [-0.15, -0.1) is 11.3 Å². The topological polar surface area (TPSA) is 37.8 Å². The van der Waals surface area contributed by atoms with Gasteiger partial charge >= 0.3 is 0 Å². The Morgan fingerprint density at radius 2 is 1.64 bits per heavy atom. The number of pyridine rings is 1. The van der Waals surface area contributed by atoms with Crippen LogP contribution in [-0.4, -0.2) is 16.5 Å². The standard InChI is InChI=1S/C14H15F4N3S/c1-14(2,3)7-6-22-8(20-7)4-5-19-11-9(15)12(17)21-13(18)10(11)16/h6H,4-5H2,1-3H3,(H,19,21). The van der Waals surface area contributed by atoms with Crippen LogP contribution in [0.3, 0.4) is 0 Å². The molecular weight excluding hydrogens is 318 g/mol. The summed E-state index contributed by atoms with van der Waals surface area (Å²) in [5.41, 5.74) is -0.0129. The van der Waals surface area contributed by atoms with Crippen LogP contribution >= 0.6 is 11.3 Å². The summed E-state index contributed by atoms with van der Waals surface area (Å²) >= 11 is 1.43. The van der Waals surface area contributed by atoms with Crippen molar-refractivity contribution in [1.29, 1.82) is 0 Å². The fourth-order valence-corrected chi connectivity index (χ4v) is 2.73. The minimum atomic E-state index is -1.68. The molecule has 0 spiro atoms. The normalized spacial score (nSPS) is 11.8. The second-order valence-electron chi connectivity index (χ2n) is 5.75. The molecule has 22 heavy (non-hydrogen) atoms. The van der Waals surface area contributed by atoms with Crippen LogP contribution in [0.1, 0.15) is 31.5 Å². The predicted octanol–water partition coefficient (Wildman–Crippen LogP) is 4.05. The Morgan fingerprint density at radius 1 is 1.05 bits per heavy atom. The minimum Gasteiger partial charge on any atom is -0.380 e. The van der Waals surface area contributed by atoms with E-state index in [1.54, 1.807) is 0 Å². The molecule has 0 amide bonds. The molecule has 0 aliphatic rings. The third-order valence-corrected chi connectivity index (χ3v) is 3.87. The van der Waals surface area contributed by atoms with E-state index in [-0.39, 0.29) is 12.0 Å². The molecule has 0 aromatic carbocycles. The van der Waals surface area contributed by atoms with Gasteiger partial charge in [-0.2, -0.15) is 22.5 Å². The molecule has 2 aromatic heterocycles. The molecule has 8 heteroatoms. The Bertz CT molecular complexity index is 653. The van der Waals surface area contributed by atoms with Crippen molar-refractivity contribution >= 4 is 17.0 Å². The van der Waals surface area contributed by atoms with Gasteiger partial charge in [-0.25, -0.2) is 4.98 Å². The number of anilines is 1. The number of hydrogen-bond donors (Lipinski definition) is 1. The van der Waals surface area contributed by atoms with Crippen LogP contribution in [0, 0.1) is 23.5 Å². The van der Waals surface area contributed by atoms with E-state index in [0.717, 1.165) is 10.7 Å². The lowest BCUT2D eigenvalue weighted by Gasteiger charge is -2.14. The van der Waals surface area contributed by atoms with Gasteiger partial charge in [0, 0.05) is 23.8 Å². The average Bonchev–Trinajstić information content (AvgIpc) is 2.89. The minimum absolute atomic E-state index is 0.0856. The number of halogens is 4. The van der Waals surface area contributed by atoms with Crippen molar-refractivity contribution in [3.63, 3.8) is 0 Å². The molecule has 2 heterocycles. The largest absolute Gasteiger partial charge is 0.380 e. The monoisotopic (exact) mass is 333 g/mol. The molecule has 0 atom stereocenters. The van der Waals surface area contributed by atoms with E-state index >= 15 is 0 Å². The molecule has 0 aliphatic carbocycles. The summed E-state index contributed by atoms with van der Waals surface area (Å²) in [6.07, 6.45) is 0.380. The molecule has 0 saturated heterocycles. The summed E-state index contributed by atoms with van der Waals surface area (Å²) < 4.78 is 52.7. The van der Waals surface area contributed by atoms with E-state index < -0.39 is 29.2 Å². The first kappa shape index (κ1) is 16.7. The molecule has 0 fully saturated rings. The number of rotatable bonds is 4. The molecule has 2 aromatic rings. The Kier molecular flexibility index (Phi) is 4.69. The Labute approximate surface area is 129 Å². The Hall–Kier alpha value is -1.70. The molecule has 0 unspecified atom stereocenters. The fourth-order valence-electron chi connectivity index (χ4n) is 1.71. The summed E-state index contributed by atoms with van der Waals surface area (Å²) in [4.78, 5) is 6.92. The summed E-state index contributed by atoms with van der Waals surface area (Å²) in [6, 6.07) is 0. The third kappa shape index (κ3) is 3.55. The number of aromatic nitrogens is 2. The first-order valence-corrected chi connectivity index (χ1v) is 7.47. The molecule has 0 aliphatic heterocycles. The maximum absolute atomic E-state index is 13.4. The van der Waals surface area contributed by atoms with E-state index in [4.69, 9.17) is 0 Å². The third-order valence-electron chi connectivity index (χ3n) is 2.96. The summed E-state index contributed by atoms with van der Waals surface area (Å²) in [5, 5.41) is 5.05. The van der Waals surface area contributed by atoms with Gasteiger partial charge in [-0.1, -0.05) is 20.8 Å². The van der Waals surface area contributed by atoms with Crippen LogP contribution in [0.2, 0.25) is 0 Å². The number of thiazole rings is 1. The summed E-state index contributed by atoms with van der Waals surface area (Å²) in [5.74, 6) is -6.42. The maximum Gasteiger partial charge on any atom is 0.253 e. The van der Waals surface area contributed by atoms with E-state index in [1.807, 2.05) is 26.2 Å². The number of nitrogens with zero attached hydrogens (tertiary/aromatic N) is 2. The van der Waals surface area contributed by atoms with Crippen LogP contribution in [0.5, 0.6) is 0 Å². The lowest BCUT2D eigenvalue weighted by molar-refractivity contribution is 0.410. The van der Waals surface area contributed by atoms with Crippen molar-refractivity contribution in [1.82, 2.24) is 9.97 Å². The number of nitrogens with one attached hydrogen (secondary N) is 1. The van der Waals surface area contributed by atoms with Gasteiger partial charge in [-0.3, -0.25) is 0 Å². The van der Waals surface area contributed by atoms with Gasteiger partial charge < -0.3 is 5.32 Å². The molecule has 0 saturated carbocycles. The molecular formula is C14H15F4N3S. The highest BCUT2D eigenvalue weighted by molar-refractivity contribution is 7.09. The zero-order chi connectivity index (χ0) is 16.5. The summed E-state index contributed by atoms with van der Waals surface area (Å²) in [6.45, 7) is 6.17. The molecule has 0 radical (unpaired) electrons. The zero-order valence-corrected chi connectivity index (χ0v) is 13.1. The van der Waals surface area contributed by atoms with Gasteiger partial charge in [0.1, 0.15) is 5.69 Å². The molecule has 2 rings (SSSR count). The second-order valence-corrected chi connectivity index (χ2v) is 6.69. The van der Waals surface area contributed by atoms with E-state index in [2.05, 4.69) is 15.3 Å². The first-order valence-electron chi connectivity index (χ1n) is 6.59. The highest BCUT2D eigenvalue weighted by Gasteiger charge is 2.21. The summed E-state index contributed by atoms with van der Waals surface area (Å²) in [7, 11) is 0. The molecule has 120 valence electrons. The van der Waals surface area contributed by atoms with Gasteiger partial charge in [0.15, 0.2) is 0 Å². The average molecular weight is 333 g/mol. The SMILES string of the molecule is CC(C)(C)c1csc(CCNc2c(F)c(F)nc(F)c2F)n1. The quantitative estimate of drug-likeness (QED) is 0.678. The van der Waals surface area contributed by atoms with Crippen molar-refractivity contribution in [3.05, 3.63) is 39.6 Å². The van der Waals surface area contributed by atoms with Gasteiger partial charge in [-0.05, 0) is 0 Å². The van der Waals surface area contributed by atoms with Crippen molar-refractivity contribution in [2.45, 2.75) is 32.6 Å². The Balaban J connectivity index is 2.04. The van der Waals surface area contributed by atoms with Crippen LogP contribution in [-0.2, 0) is 11.8 Å². The fraction of sp³-hybridized carbons (Fsp3) is 0.429. The molecule has 0 bridgehead atoms. The highest BCUT2D eigenvalue weighted by Crippen LogP contribution is 2.25. The van der Waals surface area contributed by atoms with Crippen molar-refractivity contribution in [2.75, 3.05) is 11.9 Å². The van der Waals surface area contributed by atoms with Crippen molar-refractivity contribution in [3.8, 4) is 0 Å². The van der Waals surface area contributed by atoms with Crippen LogP contribution < -0.4 is 5.32 Å². The van der Waals surface area contributed by atoms with Crippen molar-refractivity contribution < 1.29 is 17.6 Å². The lowest BCUT2D eigenvalue weighted by atomic mass is 9.93. The van der Waals surface area contributed by atoms with Gasteiger partial charge in [0.2, 0.25) is 11.6 Å². The van der Waals surface area contributed by atoms with E-state index in [0.29, 0.717) is 6.42 Å². The smallest absolute Gasteiger partial charge is 0.253 e. The van der Waals surface area contributed by atoms with E-state index in [9.17, 15) is 17.6 Å². The number of hydrogen-bond acceptors (Lipinski definition) is 4. The highest BCUT2D eigenvalue weighted by atomic mass is 32.1. The van der Waals surface area contributed by atoms with E-state index in [1.165, 1.54) is 11.3 Å².